The summed E-state index contributed by atoms with van der Waals surface area (Å²) in [5, 5.41) is 0. The molecule has 0 saturated heterocycles. The predicted octanol–water partition coefficient (Wildman–Crippen LogP) is 3.01. The van der Waals surface area contributed by atoms with E-state index >= 15 is 0 Å². The molecule has 0 unspecified atom stereocenters. The van der Waals surface area contributed by atoms with Crippen LogP contribution in [0.25, 0.3) is 11.3 Å². The highest BCUT2D eigenvalue weighted by Crippen LogP contribution is 2.35. The Morgan fingerprint density at radius 2 is 1.78 bits per heavy atom. The van der Waals surface area contributed by atoms with Crippen molar-refractivity contribution in [1.82, 2.24) is 9.13 Å². The number of fused-ring (bicyclic) bond motifs is 3. The molecule has 2 aromatic carbocycles. The Morgan fingerprint density at radius 1 is 1.06 bits per heavy atom. The van der Waals surface area contributed by atoms with Gasteiger partial charge in [0.1, 0.15) is 5.75 Å². The summed E-state index contributed by atoms with van der Waals surface area (Å²) >= 11 is 0. The second-order valence-corrected chi connectivity index (χ2v) is 8.21. The number of hydrogen-bond acceptors (Lipinski definition) is 5. The molecule has 1 aliphatic heterocycles. The number of benzene rings is 2. The second kappa shape index (κ2) is 8.67. The van der Waals surface area contributed by atoms with Gasteiger partial charge in [0.15, 0.2) is 11.2 Å². The van der Waals surface area contributed by atoms with Gasteiger partial charge in [-0.1, -0.05) is 17.7 Å². The van der Waals surface area contributed by atoms with E-state index in [-0.39, 0.29) is 5.69 Å². The van der Waals surface area contributed by atoms with Crippen LogP contribution in [0, 0.1) is 20.8 Å². The number of rotatable bonds is 5. The Labute approximate surface area is 187 Å². The van der Waals surface area contributed by atoms with Crippen LogP contribution in [0.15, 0.2) is 40.1 Å². The first-order valence-electron chi connectivity index (χ1n) is 10.8. The highest BCUT2D eigenvalue weighted by molar-refractivity contribution is 5.72. The van der Waals surface area contributed by atoms with Gasteiger partial charge in [-0.15, -0.1) is 0 Å². The molecule has 0 spiro atoms. The summed E-state index contributed by atoms with van der Waals surface area (Å²) in [6.07, 6.45) is 0.734. The largest absolute Gasteiger partial charge is 0.497 e. The molecule has 0 radical (unpaired) electrons. The molecule has 0 saturated carbocycles. The van der Waals surface area contributed by atoms with Crippen molar-refractivity contribution in [2.45, 2.75) is 40.3 Å². The van der Waals surface area contributed by atoms with Gasteiger partial charge in [-0.25, -0.2) is 9.79 Å². The van der Waals surface area contributed by atoms with Crippen LogP contribution >= 0.6 is 0 Å². The third-order valence-electron chi connectivity index (χ3n) is 5.99. The normalized spacial score (nSPS) is 13.0. The minimum absolute atomic E-state index is 0.131. The molecule has 7 nitrogen and oxygen atoms in total. The van der Waals surface area contributed by atoms with E-state index in [2.05, 4.69) is 19.1 Å². The number of methoxy groups -OCH3 is 2. The van der Waals surface area contributed by atoms with E-state index in [1.54, 1.807) is 23.4 Å². The van der Waals surface area contributed by atoms with Crippen molar-refractivity contribution in [3.8, 4) is 22.8 Å². The standard InChI is InChI=1S/C25H30N4O3/c1-15-12-16(2)21(17(3)13-15)27-24-23(32-5)22-20-7-6-19(31-4)14-18(20)8-10-28(22)25(30)29(24)11-9-26/h6-7,12-14H,8-11,26H2,1-5H3/b27-24-. The smallest absolute Gasteiger partial charge is 0.330 e. The summed E-state index contributed by atoms with van der Waals surface area (Å²) in [6.45, 7) is 7.36. The second-order valence-electron chi connectivity index (χ2n) is 8.21. The van der Waals surface area contributed by atoms with E-state index in [0.717, 1.165) is 45.8 Å². The topological polar surface area (TPSA) is 83.8 Å². The van der Waals surface area contributed by atoms with Gasteiger partial charge in [-0.2, -0.15) is 0 Å². The van der Waals surface area contributed by atoms with E-state index in [0.29, 0.717) is 30.9 Å². The van der Waals surface area contributed by atoms with Gasteiger partial charge in [0.25, 0.3) is 0 Å². The van der Waals surface area contributed by atoms with Crippen LogP contribution in [0.5, 0.6) is 11.5 Å². The quantitative estimate of drug-likeness (QED) is 0.669. The molecule has 32 heavy (non-hydrogen) atoms. The maximum atomic E-state index is 13.6. The molecule has 2 heterocycles. The lowest BCUT2D eigenvalue weighted by atomic mass is 9.97. The lowest BCUT2D eigenvalue weighted by Gasteiger charge is -2.26. The average molecular weight is 435 g/mol. The number of aryl methyl sites for hydroxylation is 4. The summed E-state index contributed by atoms with van der Waals surface area (Å²) in [6, 6.07) is 10.1. The first kappa shape index (κ1) is 21.9. The number of nitrogens with zero attached hydrogens (tertiary/aromatic N) is 3. The van der Waals surface area contributed by atoms with Crippen LogP contribution in [0.1, 0.15) is 22.3 Å². The summed E-state index contributed by atoms with van der Waals surface area (Å²) in [5.74, 6) is 1.37. The molecular weight excluding hydrogens is 404 g/mol. The van der Waals surface area contributed by atoms with Crippen LogP contribution in [0.4, 0.5) is 5.69 Å². The average Bonchev–Trinajstić information content (AvgIpc) is 2.77. The molecule has 0 fully saturated rings. The lowest BCUT2D eigenvalue weighted by Crippen LogP contribution is -2.44. The summed E-state index contributed by atoms with van der Waals surface area (Å²) in [4.78, 5) is 18.6. The fourth-order valence-corrected chi connectivity index (χ4v) is 4.61. The zero-order valence-corrected chi connectivity index (χ0v) is 19.4. The van der Waals surface area contributed by atoms with Crippen molar-refractivity contribution < 1.29 is 9.47 Å². The van der Waals surface area contributed by atoms with Crippen molar-refractivity contribution >= 4 is 5.69 Å². The molecule has 1 aliphatic rings. The van der Waals surface area contributed by atoms with Gasteiger partial charge in [0.2, 0.25) is 0 Å². The van der Waals surface area contributed by atoms with Crippen molar-refractivity contribution in [3.63, 3.8) is 0 Å². The monoisotopic (exact) mass is 434 g/mol. The first-order valence-corrected chi connectivity index (χ1v) is 10.8. The van der Waals surface area contributed by atoms with Crippen LogP contribution in [0.3, 0.4) is 0 Å². The Hall–Kier alpha value is -3.32. The number of ether oxygens (including phenoxy) is 2. The minimum Gasteiger partial charge on any atom is -0.497 e. The number of aromatic nitrogens is 2. The molecule has 1 aromatic heterocycles. The van der Waals surface area contributed by atoms with E-state index in [1.165, 1.54) is 5.56 Å². The SMILES string of the molecule is COc1ccc2c(c1)CCn1c-2c(OC)/c(=N/c2c(C)cc(C)cc2C)n(CCN)c1=O. The van der Waals surface area contributed by atoms with Gasteiger partial charge in [0, 0.05) is 25.2 Å². The maximum absolute atomic E-state index is 13.6. The van der Waals surface area contributed by atoms with E-state index in [1.807, 2.05) is 32.0 Å². The van der Waals surface area contributed by atoms with Crippen LogP contribution in [-0.2, 0) is 19.5 Å². The third kappa shape index (κ3) is 3.62. The van der Waals surface area contributed by atoms with Crippen LogP contribution < -0.4 is 26.4 Å². The van der Waals surface area contributed by atoms with Gasteiger partial charge in [0.05, 0.1) is 25.6 Å². The van der Waals surface area contributed by atoms with Crippen LogP contribution in [-0.4, -0.2) is 29.9 Å². The van der Waals surface area contributed by atoms with Crippen molar-refractivity contribution in [3.05, 3.63) is 68.6 Å². The van der Waals surface area contributed by atoms with Gasteiger partial charge < -0.3 is 15.2 Å². The summed E-state index contributed by atoms with van der Waals surface area (Å²) < 4.78 is 14.7. The molecule has 0 bridgehead atoms. The number of nitrogens with two attached hydrogens (primary N) is 1. The van der Waals surface area contributed by atoms with Gasteiger partial charge in [-0.05, 0) is 62.1 Å². The maximum Gasteiger partial charge on any atom is 0.330 e. The third-order valence-corrected chi connectivity index (χ3v) is 5.99. The molecule has 168 valence electrons. The van der Waals surface area contributed by atoms with E-state index in [9.17, 15) is 4.79 Å². The molecule has 7 heteroatoms. The first-order chi connectivity index (χ1) is 15.4. The molecule has 3 aromatic rings. The fourth-order valence-electron chi connectivity index (χ4n) is 4.61. The molecule has 0 amide bonds. The lowest BCUT2D eigenvalue weighted by molar-refractivity contribution is 0.387. The fraction of sp³-hybridized carbons (Fsp3) is 0.360. The molecule has 0 atom stereocenters. The Morgan fingerprint density at radius 3 is 2.41 bits per heavy atom. The predicted molar refractivity (Wildman–Crippen MR) is 126 cm³/mol. The Kier molecular flexibility index (Phi) is 5.93. The van der Waals surface area contributed by atoms with Gasteiger partial charge >= 0.3 is 5.69 Å². The van der Waals surface area contributed by atoms with Crippen molar-refractivity contribution in [1.29, 1.82) is 0 Å². The van der Waals surface area contributed by atoms with Crippen molar-refractivity contribution in [2.75, 3.05) is 20.8 Å². The highest BCUT2D eigenvalue weighted by Gasteiger charge is 2.25. The van der Waals surface area contributed by atoms with Gasteiger partial charge in [-0.3, -0.25) is 9.13 Å². The molecule has 0 aliphatic carbocycles. The highest BCUT2D eigenvalue weighted by atomic mass is 16.5. The zero-order chi connectivity index (χ0) is 23.0. The van der Waals surface area contributed by atoms with Crippen LogP contribution in [0.2, 0.25) is 0 Å². The summed E-state index contributed by atoms with van der Waals surface area (Å²) in [7, 11) is 3.28. The zero-order valence-electron chi connectivity index (χ0n) is 19.4. The van der Waals surface area contributed by atoms with E-state index < -0.39 is 0 Å². The van der Waals surface area contributed by atoms with E-state index in [4.69, 9.17) is 20.2 Å². The summed E-state index contributed by atoms with van der Waals surface area (Å²) in [5.41, 5.74) is 13.2. The minimum atomic E-state index is -0.131. The van der Waals surface area contributed by atoms with Crippen molar-refractivity contribution in [2.24, 2.45) is 10.7 Å². The number of hydrogen-bond donors (Lipinski definition) is 1. The Balaban J connectivity index is 2.12. The molecule has 4 rings (SSSR count). The Bertz CT molecular complexity index is 1290. The molecular formula is C25H30N4O3. The molecule has 2 N–H and O–H groups in total.